The van der Waals surface area contributed by atoms with Crippen LogP contribution in [-0.2, 0) is 27.2 Å². The van der Waals surface area contributed by atoms with Gasteiger partial charge in [0.15, 0.2) is 0 Å². The van der Waals surface area contributed by atoms with E-state index in [1.54, 1.807) is 25.4 Å². The van der Waals surface area contributed by atoms with E-state index in [4.69, 9.17) is 5.11 Å². The molecule has 3 aromatic heterocycles. The van der Waals surface area contributed by atoms with E-state index in [0.717, 1.165) is 5.56 Å². The van der Waals surface area contributed by atoms with Crippen LogP contribution in [-0.4, -0.2) is 36.2 Å². The molecule has 0 aliphatic carbocycles. The van der Waals surface area contributed by atoms with Crippen LogP contribution in [0.4, 0.5) is 0 Å². The second kappa shape index (κ2) is 8.03. The van der Waals surface area contributed by atoms with Crippen molar-refractivity contribution in [1.29, 1.82) is 0 Å². The van der Waals surface area contributed by atoms with Gasteiger partial charge in [-0.2, -0.15) is 10.3 Å². The maximum Gasteiger partial charge on any atom is 0.354 e. The van der Waals surface area contributed by atoms with Crippen molar-refractivity contribution in [1.82, 2.24) is 25.1 Å². The predicted molar refractivity (Wildman–Crippen MR) is 66.5 cm³/mol. The average molecular weight is 464 g/mol. The Balaban J connectivity index is 0.000000205. The molecular weight excluding hydrogens is 454 g/mol. The first-order valence-electron chi connectivity index (χ1n) is 5.50. The van der Waals surface area contributed by atoms with Crippen molar-refractivity contribution >= 4 is 5.97 Å². The van der Waals surface area contributed by atoms with Gasteiger partial charge >= 0.3 is 5.97 Å². The van der Waals surface area contributed by atoms with Crippen LogP contribution >= 0.6 is 0 Å². The van der Waals surface area contributed by atoms with Crippen LogP contribution in [0.1, 0.15) is 10.5 Å². The van der Waals surface area contributed by atoms with Crippen molar-refractivity contribution in [3.05, 3.63) is 48.7 Å². The molecule has 0 bridgehead atoms. The molecule has 0 amide bonds. The summed E-state index contributed by atoms with van der Waals surface area (Å²) in [4.78, 5) is 15.2. The Kier molecular flexibility index (Phi) is 6.37. The fourth-order valence-corrected chi connectivity index (χ4v) is 1.26. The van der Waals surface area contributed by atoms with Crippen molar-refractivity contribution in [2.75, 3.05) is 0 Å². The summed E-state index contributed by atoms with van der Waals surface area (Å²) in [6, 6.07) is 4.76. The largest absolute Gasteiger partial charge is 0.477 e. The zero-order valence-corrected chi connectivity index (χ0v) is 13.2. The molecule has 0 saturated carbocycles. The Morgan fingerprint density at radius 2 is 2.24 bits per heavy atom. The zero-order chi connectivity index (χ0) is 14.4. The average Bonchev–Trinajstić information content (AvgIpc) is 3.11. The number of aryl methyl sites for hydroxylation is 1. The van der Waals surface area contributed by atoms with E-state index in [1.165, 1.54) is 23.3 Å². The summed E-state index contributed by atoms with van der Waals surface area (Å²) in [5.41, 5.74) is 1.52. The molecule has 21 heavy (non-hydrogen) atoms. The number of carboxylic acid groups (broad SMARTS) is 1. The first-order valence-corrected chi connectivity index (χ1v) is 5.50. The molecule has 0 atom stereocenters. The molecule has 111 valence electrons. The minimum Gasteiger partial charge on any atom is -0.477 e. The fourth-order valence-electron chi connectivity index (χ4n) is 1.26. The van der Waals surface area contributed by atoms with Gasteiger partial charge in [0.25, 0.3) is 0 Å². The third-order valence-corrected chi connectivity index (χ3v) is 2.15. The number of aromatic carboxylic acids is 1. The van der Waals surface area contributed by atoms with Gasteiger partial charge in [-0.3, -0.25) is 0 Å². The minimum absolute atomic E-state index is 0. The van der Waals surface area contributed by atoms with E-state index in [0.29, 0.717) is 5.69 Å². The van der Waals surface area contributed by atoms with Crippen LogP contribution in [0, 0.1) is 6.20 Å². The van der Waals surface area contributed by atoms with Crippen LogP contribution in [0.3, 0.4) is 0 Å². The number of carboxylic acids is 1. The first kappa shape index (κ1) is 16.7. The van der Waals surface area contributed by atoms with Gasteiger partial charge in [0.2, 0.25) is 0 Å². The number of carbonyl (C=O) groups is 1. The van der Waals surface area contributed by atoms with E-state index in [2.05, 4.69) is 31.1 Å². The van der Waals surface area contributed by atoms with Gasteiger partial charge in [0, 0.05) is 51.5 Å². The molecule has 0 aromatic carbocycles. The summed E-state index contributed by atoms with van der Waals surface area (Å²) < 4.78 is 4.60. The molecule has 3 heterocycles. The third kappa shape index (κ3) is 4.90. The molecule has 0 saturated heterocycles. The second-order valence-corrected chi connectivity index (χ2v) is 3.58. The van der Waals surface area contributed by atoms with Crippen molar-refractivity contribution < 1.29 is 34.5 Å². The molecule has 8 nitrogen and oxygen atoms in total. The predicted octanol–water partition coefficient (Wildman–Crippen LogP) is 1.05. The number of nitrogens with zero attached hydrogens (tertiary/aromatic N) is 5. The van der Waals surface area contributed by atoms with Gasteiger partial charge in [0.05, 0.1) is 0 Å². The van der Waals surface area contributed by atoms with Crippen LogP contribution in [0.25, 0.3) is 11.3 Å². The van der Waals surface area contributed by atoms with Crippen LogP contribution in [0.5, 0.6) is 0 Å². The maximum atomic E-state index is 10.1. The number of hydrogen-bond donors (Lipinski definition) is 1. The smallest absolute Gasteiger partial charge is 0.354 e. The van der Waals surface area contributed by atoms with Crippen LogP contribution in [0.2, 0.25) is 0 Å². The summed E-state index contributed by atoms with van der Waals surface area (Å²) in [5, 5.41) is 19.7. The number of rotatable bonds is 2. The van der Waals surface area contributed by atoms with E-state index in [9.17, 15) is 4.79 Å². The normalized spacial score (nSPS) is 9.19. The summed E-state index contributed by atoms with van der Waals surface area (Å²) in [5.74, 6) is -0.990. The monoisotopic (exact) mass is 465 g/mol. The fraction of sp³-hybridized carbons (Fsp3) is 0.0833. The van der Waals surface area contributed by atoms with Gasteiger partial charge < -0.3 is 9.63 Å². The molecule has 9 heteroatoms. The van der Waals surface area contributed by atoms with Crippen molar-refractivity contribution in [3.8, 4) is 11.3 Å². The molecule has 3 aromatic rings. The number of pyridine rings is 1. The summed E-state index contributed by atoms with van der Waals surface area (Å²) in [6.07, 6.45) is 7.19. The first-order chi connectivity index (χ1) is 9.66. The molecular formula is C12H10IrN5O3-. The van der Waals surface area contributed by atoms with E-state index < -0.39 is 5.97 Å². The van der Waals surface area contributed by atoms with E-state index in [-0.39, 0.29) is 25.8 Å². The van der Waals surface area contributed by atoms with Crippen molar-refractivity contribution in [2.45, 2.75) is 0 Å². The Morgan fingerprint density at radius 1 is 1.43 bits per heavy atom. The Bertz CT molecular complexity index is 669. The molecule has 0 aliphatic heterocycles. The standard InChI is InChI=1S/C6H5N4O.C6H5NO2.Ir/c1-10-7-3-6(9-10)5-2-8-11-4-5;8-6(9)5-3-1-2-4-7-5;/h3-4H,1H3;1-4H,(H,8,9);/q-1;;. The minimum atomic E-state index is -0.990. The zero-order valence-electron chi connectivity index (χ0n) is 10.8. The van der Waals surface area contributed by atoms with Crippen molar-refractivity contribution in [2.24, 2.45) is 7.05 Å². The third-order valence-electron chi connectivity index (χ3n) is 2.15. The Hall–Kier alpha value is -2.38. The molecule has 0 aliphatic rings. The van der Waals surface area contributed by atoms with Gasteiger partial charge in [-0.25, -0.2) is 19.7 Å². The molecule has 3 rings (SSSR count). The van der Waals surface area contributed by atoms with Crippen molar-refractivity contribution in [3.63, 3.8) is 0 Å². The molecule has 1 N–H and O–H groups in total. The molecule has 1 radical (unpaired) electrons. The van der Waals surface area contributed by atoms with Gasteiger partial charge in [0.1, 0.15) is 5.69 Å². The quantitative estimate of drug-likeness (QED) is 0.565. The topological polar surface area (TPSA) is 107 Å². The summed E-state index contributed by atoms with van der Waals surface area (Å²) >= 11 is 0. The van der Waals surface area contributed by atoms with Gasteiger partial charge in [-0.15, -0.1) is 5.56 Å². The SMILES string of the molecule is Cn1ncc(-c2[c-]noc2)n1.O=C(O)c1ccccn1.[Ir]. The molecule has 0 fully saturated rings. The Morgan fingerprint density at radius 3 is 2.67 bits per heavy atom. The van der Waals surface area contributed by atoms with Crippen LogP contribution in [0.15, 0.2) is 41.4 Å². The van der Waals surface area contributed by atoms with E-state index in [1.807, 2.05) is 0 Å². The van der Waals surface area contributed by atoms with Crippen LogP contribution < -0.4 is 0 Å². The molecule has 0 spiro atoms. The van der Waals surface area contributed by atoms with Gasteiger partial charge in [-0.1, -0.05) is 6.07 Å². The second-order valence-electron chi connectivity index (χ2n) is 3.58. The number of hydrogen-bond acceptors (Lipinski definition) is 6. The number of aromatic nitrogens is 5. The summed E-state index contributed by atoms with van der Waals surface area (Å²) in [6.45, 7) is 0. The molecule has 0 unspecified atom stereocenters. The maximum absolute atomic E-state index is 10.1. The Labute approximate surface area is 133 Å². The van der Waals surface area contributed by atoms with Gasteiger partial charge in [-0.05, 0) is 18.3 Å². The summed E-state index contributed by atoms with van der Waals surface area (Å²) in [7, 11) is 1.75. The van der Waals surface area contributed by atoms with E-state index >= 15 is 0 Å².